The Labute approximate surface area is 173 Å². The van der Waals surface area contributed by atoms with Crippen molar-refractivity contribution in [1.29, 1.82) is 0 Å². The van der Waals surface area contributed by atoms with Crippen LogP contribution in [0.3, 0.4) is 0 Å². The first-order valence-corrected chi connectivity index (χ1v) is 8.98. The molecule has 10 nitrogen and oxygen atoms in total. The largest absolute Gasteiger partial charge is 0.573 e. The Balaban J connectivity index is 2.33. The number of tetrazole rings is 1. The maximum atomic E-state index is 12.7. The van der Waals surface area contributed by atoms with Gasteiger partial charge in [-0.1, -0.05) is 16.7 Å². The summed E-state index contributed by atoms with van der Waals surface area (Å²) in [6, 6.07) is 1.90. The number of carbonyl (C=O) groups excluding carboxylic acids is 2. The SMILES string of the molecule is CCn1nnnc1NC(=O)c1ccc(OC(F)(F)F)c(NC(=O)CCCOC)c1Cl. The lowest BCUT2D eigenvalue weighted by Crippen LogP contribution is -2.21. The molecule has 1 aromatic carbocycles. The standard InChI is InChI=1S/C16H18ClF3N6O4/c1-3-26-15(23-24-25-26)22-14(28)9-6-7-10(30-16(18,19)20)13(12(9)17)21-11(27)5-4-8-29-2/h6-7H,3-5,8H2,1-2H3,(H,21,27)(H,22,23,25,28). The van der Waals surface area contributed by atoms with Gasteiger partial charge < -0.3 is 14.8 Å². The molecule has 164 valence electrons. The van der Waals surface area contributed by atoms with Crippen molar-refractivity contribution in [2.45, 2.75) is 32.7 Å². The van der Waals surface area contributed by atoms with Crippen LogP contribution in [0.4, 0.5) is 24.8 Å². The third kappa shape index (κ3) is 6.29. The summed E-state index contributed by atoms with van der Waals surface area (Å²) in [6.07, 6.45) is -4.75. The molecule has 0 fully saturated rings. The van der Waals surface area contributed by atoms with Crippen LogP contribution in [0.25, 0.3) is 0 Å². The van der Waals surface area contributed by atoms with E-state index in [0.717, 1.165) is 12.1 Å². The van der Waals surface area contributed by atoms with Gasteiger partial charge in [0.2, 0.25) is 11.9 Å². The summed E-state index contributed by atoms with van der Waals surface area (Å²) in [4.78, 5) is 24.6. The van der Waals surface area contributed by atoms with Gasteiger partial charge in [0.05, 0.1) is 10.6 Å². The van der Waals surface area contributed by atoms with E-state index in [1.165, 1.54) is 11.8 Å². The fraction of sp³-hybridized carbons (Fsp3) is 0.438. The second-order valence-corrected chi connectivity index (χ2v) is 6.14. The number of hydrogen-bond acceptors (Lipinski definition) is 7. The number of aryl methyl sites for hydroxylation is 1. The minimum Gasteiger partial charge on any atom is -0.404 e. The van der Waals surface area contributed by atoms with E-state index in [9.17, 15) is 22.8 Å². The molecule has 1 heterocycles. The first-order valence-electron chi connectivity index (χ1n) is 8.60. The number of methoxy groups -OCH3 is 1. The van der Waals surface area contributed by atoms with Crippen LogP contribution in [0.5, 0.6) is 5.75 Å². The zero-order valence-corrected chi connectivity index (χ0v) is 16.7. The van der Waals surface area contributed by atoms with E-state index >= 15 is 0 Å². The lowest BCUT2D eigenvalue weighted by Gasteiger charge is -2.17. The molecular formula is C16H18ClF3N6O4. The molecule has 1 aromatic heterocycles. The molecule has 2 aromatic rings. The summed E-state index contributed by atoms with van der Waals surface area (Å²) in [6.45, 7) is 2.37. The van der Waals surface area contributed by atoms with E-state index in [1.807, 2.05) is 0 Å². The van der Waals surface area contributed by atoms with Gasteiger partial charge in [-0.2, -0.15) is 0 Å². The lowest BCUT2D eigenvalue weighted by atomic mass is 10.1. The number of halogens is 4. The van der Waals surface area contributed by atoms with Crippen LogP contribution in [-0.2, 0) is 16.1 Å². The Morgan fingerprint density at radius 1 is 1.27 bits per heavy atom. The molecule has 0 aliphatic heterocycles. The smallest absolute Gasteiger partial charge is 0.404 e. The highest BCUT2D eigenvalue weighted by molar-refractivity contribution is 6.37. The molecule has 0 unspecified atom stereocenters. The van der Waals surface area contributed by atoms with E-state index in [2.05, 4.69) is 30.9 Å². The Morgan fingerprint density at radius 3 is 2.63 bits per heavy atom. The van der Waals surface area contributed by atoms with Gasteiger partial charge in [0, 0.05) is 26.7 Å². The Hall–Kier alpha value is -2.93. The molecule has 0 saturated heterocycles. The highest BCUT2D eigenvalue weighted by Gasteiger charge is 2.33. The number of benzene rings is 1. The summed E-state index contributed by atoms with van der Waals surface area (Å²) < 4.78 is 48.2. The average Bonchev–Trinajstić information content (AvgIpc) is 3.10. The molecule has 0 spiro atoms. The minimum atomic E-state index is -5.04. The summed E-state index contributed by atoms with van der Waals surface area (Å²) in [5.74, 6) is -2.17. The zero-order chi connectivity index (χ0) is 22.3. The monoisotopic (exact) mass is 450 g/mol. The number of amides is 2. The number of alkyl halides is 3. The molecule has 0 aliphatic rings. The second kappa shape index (κ2) is 10.2. The van der Waals surface area contributed by atoms with E-state index < -0.39 is 34.6 Å². The average molecular weight is 451 g/mol. The number of anilines is 2. The molecule has 2 N–H and O–H groups in total. The van der Waals surface area contributed by atoms with Gasteiger partial charge in [-0.15, -0.1) is 13.2 Å². The van der Waals surface area contributed by atoms with E-state index in [4.69, 9.17) is 16.3 Å². The second-order valence-electron chi connectivity index (χ2n) is 5.76. The van der Waals surface area contributed by atoms with Gasteiger partial charge >= 0.3 is 6.36 Å². The van der Waals surface area contributed by atoms with Crippen LogP contribution in [0.15, 0.2) is 12.1 Å². The first-order chi connectivity index (χ1) is 14.2. The highest BCUT2D eigenvalue weighted by Crippen LogP contribution is 2.38. The topological polar surface area (TPSA) is 120 Å². The number of ether oxygens (including phenoxy) is 2. The number of nitrogens with zero attached hydrogens (tertiary/aromatic N) is 4. The highest BCUT2D eigenvalue weighted by atomic mass is 35.5. The van der Waals surface area contributed by atoms with Crippen molar-refractivity contribution in [2.24, 2.45) is 0 Å². The molecule has 14 heteroatoms. The molecule has 0 saturated carbocycles. The van der Waals surface area contributed by atoms with Gasteiger partial charge in [-0.05, 0) is 35.9 Å². The Morgan fingerprint density at radius 2 is 2.00 bits per heavy atom. The molecule has 0 bridgehead atoms. The number of hydrogen-bond donors (Lipinski definition) is 2. The summed E-state index contributed by atoms with van der Waals surface area (Å²) in [5.41, 5.74) is -0.705. The minimum absolute atomic E-state index is 0.0133. The summed E-state index contributed by atoms with van der Waals surface area (Å²) in [7, 11) is 1.45. The van der Waals surface area contributed by atoms with Crippen LogP contribution in [-0.4, -0.2) is 52.1 Å². The zero-order valence-electron chi connectivity index (χ0n) is 15.9. The fourth-order valence-electron chi connectivity index (χ4n) is 2.31. The number of nitrogens with one attached hydrogen (secondary N) is 2. The van der Waals surface area contributed by atoms with Crippen molar-refractivity contribution >= 4 is 35.1 Å². The molecule has 30 heavy (non-hydrogen) atoms. The van der Waals surface area contributed by atoms with Crippen molar-refractivity contribution in [3.8, 4) is 5.75 Å². The summed E-state index contributed by atoms with van der Waals surface area (Å²) in [5, 5.41) is 14.9. The van der Waals surface area contributed by atoms with Crippen LogP contribution >= 0.6 is 11.6 Å². The molecule has 0 atom stereocenters. The van der Waals surface area contributed by atoms with Crippen LogP contribution in [0.2, 0.25) is 5.02 Å². The van der Waals surface area contributed by atoms with Crippen molar-refractivity contribution in [3.05, 3.63) is 22.7 Å². The molecule has 0 radical (unpaired) electrons. The van der Waals surface area contributed by atoms with Gasteiger partial charge in [-0.3, -0.25) is 14.9 Å². The Bertz CT molecular complexity index is 906. The number of carbonyl (C=O) groups is 2. The van der Waals surface area contributed by atoms with Crippen LogP contribution < -0.4 is 15.4 Å². The maximum absolute atomic E-state index is 12.7. The van der Waals surface area contributed by atoms with E-state index in [-0.39, 0.29) is 24.5 Å². The maximum Gasteiger partial charge on any atom is 0.573 e. The van der Waals surface area contributed by atoms with Gasteiger partial charge in [0.1, 0.15) is 5.69 Å². The van der Waals surface area contributed by atoms with Crippen molar-refractivity contribution < 1.29 is 32.2 Å². The first kappa shape index (κ1) is 23.3. The van der Waals surface area contributed by atoms with Gasteiger partial charge in [0.15, 0.2) is 5.75 Å². The van der Waals surface area contributed by atoms with Crippen molar-refractivity contribution in [3.63, 3.8) is 0 Å². The third-order valence-electron chi connectivity index (χ3n) is 3.65. The van der Waals surface area contributed by atoms with Crippen LogP contribution in [0.1, 0.15) is 30.1 Å². The quantitative estimate of drug-likeness (QED) is 0.563. The third-order valence-corrected chi connectivity index (χ3v) is 4.04. The van der Waals surface area contributed by atoms with Crippen molar-refractivity contribution in [2.75, 3.05) is 24.4 Å². The molecule has 2 amide bonds. The molecular weight excluding hydrogens is 433 g/mol. The number of aromatic nitrogens is 4. The summed E-state index contributed by atoms with van der Waals surface area (Å²) >= 11 is 6.15. The predicted octanol–water partition coefficient (Wildman–Crippen LogP) is 2.86. The predicted molar refractivity (Wildman–Crippen MR) is 99.3 cm³/mol. The molecule has 0 aliphatic carbocycles. The van der Waals surface area contributed by atoms with Gasteiger partial charge in [-0.25, -0.2) is 4.68 Å². The van der Waals surface area contributed by atoms with E-state index in [0.29, 0.717) is 13.0 Å². The lowest BCUT2D eigenvalue weighted by molar-refractivity contribution is -0.274. The molecule has 2 rings (SSSR count). The van der Waals surface area contributed by atoms with Crippen LogP contribution in [0, 0.1) is 0 Å². The normalized spacial score (nSPS) is 11.3. The van der Waals surface area contributed by atoms with E-state index in [1.54, 1.807) is 6.92 Å². The van der Waals surface area contributed by atoms with Gasteiger partial charge in [0.25, 0.3) is 5.91 Å². The number of rotatable bonds is 9. The fourth-order valence-corrected chi connectivity index (χ4v) is 2.60. The Kier molecular flexibility index (Phi) is 7.94. The van der Waals surface area contributed by atoms with Crippen molar-refractivity contribution in [1.82, 2.24) is 20.2 Å².